The Kier molecular flexibility index (Phi) is 34.6. The van der Waals surface area contributed by atoms with Gasteiger partial charge >= 0.3 is 11.9 Å². The average Bonchev–Trinajstić information content (AvgIpc) is 3.09. The maximum atomic E-state index is 12.6. The SMILES string of the molecule is CCCCCC/C=C\CCCCCCCC(=O)OCC(COP(=O)([O-])OCC[N+](C)(C)C)OC(=O)CCCCCCCCCCCCCCCCC. The number of carbonyl (C=O) groups is 2. The summed E-state index contributed by atoms with van der Waals surface area (Å²) in [5.41, 5.74) is 0. The largest absolute Gasteiger partial charge is 0.756 e. The third kappa shape index (κ3) is 38.5. The van der Waals surface area contributed by atoms with E-state index >= 15 is 0 Å². The minimum absolute atomic E-state index is 0.0290. The zero-order valence-corrected chi connectivity index (χ0v) is 35.4. The second-order valence-corrected chi connectivity index (χ2v) is 17.1. The summed E-state index contributed by atoms with van der Waals surface area (Å²) in [7, 11) is 1.17. The fourth-order valence-corrected chi connectivity index (χ4v) is 6.61. The smallest absolute Gasteiger partial charge is 0.306 e. The van der Waals surface area contributed by atoms with Crippen LogP contribution in [-0.2, 0) is 32.7 Å². The monoisotopic (exact) mass is 760 g/mol. The Bertz CT molecular complexity index is 907. The molecule has 0 aliphatic carbocycles. The van der Waals surface area contributed by atoms with Crippen LogP contribution in [0.2, 0.25) is 0 Å². The van der Waals surface area contributed by atoms with Gasteiger partial charge in [0.25, 0.3) is 7.82 Å². The van der Waals surface area contributed by atoms with Crippen LogP contribution < -0.4 is 4.89 Å². The van der Waals surface area contributed by atoms with E-state index in [0.717, 1.165) is 51.4 Å². The molecule has 9 nitrogen and oxygen atoms in total. The van der Waals surface area contributed by atoms with E-state index in [1.165, 1.54) is 109 Å². The first-order valence-electron chi connectivity index (χ1n) is 21.4. The Balaban J connectivity index is 4.36. The van der Waals surface area contributed by atoms with Crippen LogP contribution in [0.15, 0.2) is 12.2 Å². The summed E-state index contributed by atoms with van der Waals surface area (Å²) < 4.78 is 33.8. The third-order valence-corrected chi connectivity index (χ3v) is 10.2. The molecule has 0 saturated carbocycles. The number of esters is 2. The third-order valence-electron chi connectivity index (χ3n) is 9.29. The number of carbonyl (C=O) groups excluding carboxylic acids is 2. The minimum Gasteiger partial charge on any atom is -0.756 e. The van der Waals surface area contributed by atoms with Crippen LogP contribution in [-0.4, -0.2) is 70.0 Å². The molecule has 0 aliphatic rings. The quantitative estimate of drug-likeness (QED) is 0.0200. The van der Waals surface area contributed by atoms with Crippen LogP contribution in [0.3, 0.4) is 0 Å². The van der Waals surface area contributed by atoms with Crippen molar-refractivity contribution in [2.24, 2.45) is 0 Å². The lowest BCUT2D eigenvalue weighted by Crippen LogP contribution is -2.37. The molecule has 0 aromatic heterocycles. The fraction of sp³-hybridized carbons (Fsp3) is 0.905. The molecular weight excluding hydrogens is 677 g/mol. The second-order valence-electron chi connectivity index (χ2n) is 15.7. The molecule has 308 valence electrons. The molecule has 0 aromatic carbocycles. The summed E-state index contributed by atoms with van der Waals surface area (Å²) in [5, 5.41) is 0. The molecule has 0 aliphatic heterocycles. The predicted octanol–water partition coefficient (Wildman–Crippen LogP) is 11.2. The second kappa shape index (κ2) is 35.5. The van der Waals surface area contributed by atoms with Crippen LogP contribution >= 0.6 is 7.82 Å². The van der Waals surface area contributed by atoms with Crippen LogP contribution in [0.4, 0.5) is 0 Å². The lowest BCUT2D eigenvalue weighted by molar-refractivity contribution is -0.870. The van der Waals surface area contributed by atoms with Crippen LogP contribution in [0.5, 0.6) is 0 Å². The van der Waals surface area contributed by atoms with Gasteiger partial charge in [0.1, 0.15) is 19.8 Å². The highest BCUT2D eigenvalue weighted by atomic mass is 31.2. The first-order chi connectivity index (χ1) is 25.0. The first-order valence-corrected chi connectivity index (χ1v) is 22.9. The first kappa shape index (κ1) is 50.8. The highest BCUT2D eigenvalue weighted by molar-refractivity contribution is 7.45. The molecular formula is C42H82NO8P. The van der Waals surface area contributed by atoms with E-state index in [2.05, 4.69) is 26.0 Å². The standard InChI is InChI=1S/C42H82NO8P/c1-6-8-10-12-14-16-18-20-21-23-25-27-29-31-33-35-42(45)51-40(39-50-52(46,47)49-37-36-43(3,4)5)38-48-41(44)34-32-30-28-26-24-22-19-17-15-13-11-9-7-2/h17,19,40H,6-16,18,20-39H2,1-5H3/b19-17-. The molecule has 2 atom stereocenters. The van der Waals surface area contributed by atoms with Crippen LogP contribution in [0.25, 0.3) is 0 Å². The van der Waals surface area contributed by atoms with Crippen molar-refractivity contribution in [3.63, 3.8) is 0 Å². The van der Waals surface area contributed by atoms with E-state index in [4.69, 9.17) is 18.5 Å². The molecule has 0 aromatic rings. The Morgan fingerprint density at radius 1 is 0.577 bits per heavy atom. The van der Waals surface area contributed by atoms with Gasteiger partial charge in [-0.15, -0.1) is 0 Å². The lowest BCUT2D eigenvalue weighted by Gasteiger charge is -2.28. The van der Waals surface area contributed by atoms with Crippen LogP contribution in [0, 0.1) is 0 Å². The van der Waals surface area contributed by atoms with Crippen molar-refractivity contribution in [3.05, 3.63) is 12.2 Å². The maximum absolute atomic E-state index is 12.6. The van der Waals surface area contributed by atoms with Gasteiger partial charge in [-0.2, -0.15) is 0 Å². The number of rotatable bonds is 39. The van der Waals surface area contributed by atoms with E-state index in [0.29, 0.717) is 17.4 Å². The molecule has 0 heterocycles. The molecule has 2 unspecified atom stereocenters. The number of unbranched alkanes of at least 4 members (excludes halogenated alkanes) is 23. The summed E-state index contributed by atoms with van der Waals surface area (Å²) in [5.74, 6) is -0.837. The van der Waals surface area contributed by atoms with Gasteiger partial charge in [-0.05, 0) is 38.5 Å². The Morgan fingerprint density at radius 2 is 0.981 bits per heavy atom. The Labute approximate surface area is 320 Å². The van der Waals surface area contributed by atoms with E-state index in [1.807, 2.05) is 21.1 Å². The zero-order chi connectivity index (χ0) is 38.6. The normalized spacial score (nSPS) is 13.7. The molecule has 0 saturated heterocycles. The van der Waals surface area contributed by atoms with Crippen molar-refractivity contribution in [2.75, 3.05) is 47.5 Å². The highest BCUT2D eigenvalue weighted by Crippen LogP contribution is 2.38. The molecule has 0 bridgehead atoms. The van der Waals surface area contributed by atoms with Crippen molar-refractivity contribution >= 4 is 19.8 Å². The average molecular weight is 760 g/mol. The summed E-state index contributed by atoms with van der Waals surface area (Å²) in [6.07, 6.45) is 35.1. The van der Waals surface area contributed by atoms with E-state index in [9.17, 15) is 19.0 Å². The molecule has 0 N–H and O–H groups in total. The van der Waals surface area contributed by atoms with Crippen LogP contribution in [0.1, 0.15) is 194 Å². The lowest BCUT2D eigenvalue weighted by atomic mass is 10.0. The van der Waals surface area contributed by atoms with Gasteiger partial charge in [0.15, 0.2) is 6.10 Å². The Morgan fingerprint density at radius 3 is 1.44 bits per heavy atom. The molecule has 52 heavy (non-hydrogen) atoms. The Hall–Kier alpha value is -1.25. The number of allylic oxidation sites excluding steroid dienone is 2. The van der Waals surface area contributed by atoms with Crippen molar-refractivity contribution in [3.8, 4) is 0 Å². The van der Waals surface area contributed by atoms with Gasteiger partial charge in [-0.3, -0.25) is 14.2 Å². The molecule has 0 spiro atoms. The van der Waals surface area contributed by atoms with E-state index in [-0.39, 0.29) is 32.0 Å². The van der Waals surface area contributed by atoms with Crippen molar-refractivity contribution < 1.29 is 42.1 Å². The van der Waals surface area contributed by atoms with Gasteiger partial charge in [0, 0.05) is 12.8 Å². The number of hydrogen-bond acceptors (Lipinski definition) is 8. The molecule has 0 fully saturated rings. The van der Waals surface area contributed by atoms with Gasteiger partial charge in [-0.1, -0.05) is 154 Å². The van der Waals surface area contributed by atoms with E-state index < -0.39 is 26.5 Å². The molecule has 10 heteroatoms. The van der Waals surface area contributed by atoms with Crippen molar-refractivity contribution in [1.29, 1.82) is 0 Å². The van der Waals surface area contributed by atoms with Gasteiger partial charge in [-0.25, -0.2) is 0 Å². The summed E-state index contributed by atoms with van der Waals surface area (Å²) in [4.78, 5) is 37.4. The molecule has 0 radical (unpaired) electrons. The van der Waals surface area contributed by atoms with E-state index in [1.54, 1.807) is 0 Å². The van der Waals surface area contributed by atoms with Crippen molar-refractivity contribution in [2.45, 2.75) is 200 Å². The maximum Gasteiger partial charge on any atom is 0.306 e. The predicted molar refractivity (Wildman–Crippen MR) is 213 cm³/mol. The summed E-state index contributed by atoms with van der Waals surface area (Å²) in [6.45, 7) is 4.22. The summed E-state index contributed by atoms with van der Waals surface area (Å²) >= 11 is 0. The fourth-order valence-electron chi connectivity index (χ4n) is 5.88. The highest BCUT2D eigenvalue weighted by Gasteiger charge is 2.21. The van der Waals surface area contributed by atoms with Crippen molar-refractivity contribution in [1.82, 2.24) is 0 Å². The number of quaternary nitrogens is 1. The number of likely N-dealkylation sites (N-methyl/N-ethyl adjacent to an activating group) is 1. The summed E-state index contributed by atoms with van der Waals surface area (Å²) in [6, 6.07) is 0. The van der Waals surface area contributed by atoms with Gasteiger partial charge < -0.3 is 27.9 Å². The number of phosphoric ester groups is 1. The molecule has 0 amide bonds. The number of hydrogen-bond donors (Lipinski definition) is 0. The number of nitrogens with zero attached hydrogens (tertiary/aromatic N) is 1. The zero-order valence-electron chi connectivity index (χ0n) is 34.5. The number of ether oxygens (including phenoxy) is 2. The topological polar surface area (TPSA) is 111 Å². The van der Waals surface area contributed by atoms with Gasteiger partial charge in [0.05, 0.1) is 27.7 Å². The number of phosphoric acid groups is 1. The molecule has 0 rings (SSSR count). The minimum atomic E-state index is -4.62. The van der Waals surface area contributed by atoms with Gasteiger partial charge in [0.2, 0.25) is 0 Å².